The van der Waals surface area contributed by atoms with Gasteiger partial charge in [0.05, 0.1) is 24.5 Å². The monoisotopic (exact) mass is 530 g/mol. The Morgan fingerprint density at radius 2 is 1.77 bits per heavy atom. The van der Waals surface area contributed by atoms with Gasteiger partial charge in [-0.25, -0.2) is 10.2 Å². The van der Waals surface area contributed by atoms with Crippen LogP contribution in [-0.4, -0.2) is 25.2 Å². The summed E-state index contributed by atoms with van der Waals surface area (Å²) in [5.41, 5.74) is 4.01. The van der Waals surface area contributed by atoms with E-state index in [1.54, 1.807) is 54.6 Å². The molecule has 0 spiro atoms. The van der Waals surface area contributed by atoms with Crippen molar-refractivity contribution in [3.63, 3.8) is 0 Å². The van der Waals surface area contributed by atoms with E-state index < -0.39 is 5.97 Å². The van der Waals surface area contributed by atoms with Crippen LogP contribution in [0.15, 0.2) is 80.8 Å². The molecule has 0 unspecified atom stereocenters. The van der Waals surface area contributed by atoms with Crippen LogP contribution in [-0.2, 0) is 0 Å². The highest BCUT2D eigenvalue weighted by molar-refractivity contribution is 9.10. The second kappa shape index (κ2) is 10.2. The van der Waals surface area contributed by atoms with Gasteiger partial charge < -0.3 is 9.47 Å². The number of benzene rings is 3. The minimum absolute atomic E-state index is 0.275. The van der Waals surface area contributed by atoms with Crippen molar-refractivity contribution in [2.75, 3.05) is 7.11 Å². The van der Waals surface area contributed by atoms with Gasteiger partial charge in [0.25, 0.3) is 5.91 Å². The first kappa shape index (κ1) is 21.7. The topological polar surface area (TPSA) is 77.0 Å². The fraction of sp³-hybridized carbons (Fsp3) is 0.0455. The Morgan fingerprint density at radius 3 is 2.50 bits per heavy atom. The number of hydrogen-bond donors (Lipinski definition) is 1. The third-order valence-electron chi connectivity index (χ3n) is 3.95. The summed E-state index contributed by atoms with van der Waals surface area (Å²) in [6, 6.07) is 18.9. The quantitative estimate of drug-likeness (QED) is 0.205. The number of nitrogens with one attached hydrogen (secondary N) is 1. The predicted molar refractivity (Wildman–Crippen MR) is 121 cm³/mol. The summed E-state index contributed by atoms with van der Waals surface area (Å²) >= 11 is 6.65. The zero-order valence-corrected chi connectivity index (χ0v) is 18.9. The van der Waals surface area contributed by atoms with Gasteiger partial charge in [-0.15, -0.1) is 0 Å². The summed E-state index contributed by atoms with van der Waals surface area (Å²) in [4.78, 5) is 24.5. The Hall–Kier alpha value is -2.97. The number of ether oxygens (including phenoxy) is 2. The van der Waals surface area contributed by atoms with E-state index in [4.69, 9.17) is 9.47 Å². The third-order valence-corrected chi connectivity index (χ3v) is 5.13. The van der Waals surface area contributed by atoms with Crippen LogP contribution in [0.4, 0.5) is 0 Å². The van der Waals surface area contributed by atoms with Crippen LogP contribution in [0, 0.1) is 0 Å². The van der Waals surface area contributed by atoms with E-state index in [2.05, 4.69) is 42.4 Å². The molecular weight excluding hydrogens is 516 g/mol. The molecule has 0 bridgehead atoms. The standard InChI is InChI=1S/C22H16Br2N2O4/c1-29-20-11-14(13-25-26-21(27)17-7-2-3-8-18(17)24)9-10-19(20)30-22(28)15-5-4-6-16(23)12-15/h2-13H,1H3,(H,26,27)/b25-13+. The minimum atomic E-state index is -0.503. The Labute approximate surface area is 190 Å². The van der Waals surface area contributed by atoms with Crippen LogP contribution in [0.1, 0.15) is 26.3 Å². The lowest BCUT2D eigenvalue weighted by atomic mass is 10.2. The number of hydrazone groups is 1. The van der Waals surface area contributed by atoms with Crippen LogP contribution in [0.25, 0.3) is 0 Å². The first-order valence-corrected chi connectivity index (χ1v) is 10.3. The minimum Gasteiger partial charge on any atom is -0.493 e. The number of carbonyl (C=O) groups excluding carboxylic acids is 2. The predicted octanol–water partition coefficient (Wildman–Crippen LogP) is 5.20. The molecular formula is C22H16Br2N2O4. The van der Waals surface area contributed by atoms with E-state index in [1.807, 2.05) is 12.1 Å². The molecule has 0 fully saturated rings. The van der Waals surface area contributed by atoms with E-state index in [-0.39, 0.29) is 11.7 Å². The van der Waals surface area contributed by atoms with E-state index in [1.165, 1.54) is 13.3 Å². The molecule has 1 N–H and O–H groups in total. The fourth-order valence-electron chi connectivity index (χ4n) is 2.49. The normalized spacial score (nSPS) is 10.6. The van der Waals surface area contributed by atoms with Gasteiger partial charge in [0.2, 0.25) is 0 Å². The molecule has 0 saturated heterocycles. The highest BCUT2D eigenvalue weighted by Crippen LogP contribution is 2.28. The lowest BCUT2D eigenvalue weighted by Gasteiger charge is -2.10. The summed E-state index contributed by atoms with van der Waals surface area (Å²) < 4.78 is 12.2. The zero-order chi connectivity index (χ0) is 21.5. The van der Waals surface area contributed by atoms with Crippen LogP contribution in [0.2, 0.25) is 0 Å². The maximum atomic E-state index is 12.4. The van der Waals surface area contributed by atoms with Crippen molar-refractivity contribution < 1.29 is 19.1 Å². The van der Waals surface area contributed by atoms with E-state index >= 15 is 0 Å². The molecule has 6 nitrogen and oxygen atoms in total. The van der Waals surface area contributed by atoms with Crippen molar-refractivity contribution in [1.29, 1.82) is 0 Å². The van der Waals surface area contributed by atoms with Crippen molar-refractivity contribution in [1.82, 2.24) is 5.43 Å². The number of esters is 1. The first-order chi connectivity index (χ1) is 14.5. The lowest BCUT2D eigenvalue weighted by molar-refractivity contribution is 0.0729. The number of rotatable bonds is 6. The summed E-state index contributed by atoms with van der Waals surface area (Å²) in [5.74, 6) is -0.210. The van der Waals surface area contributed by atoms with Gasteiger partial charge in [0, 0.05) is 8.95 Å². The van der Waals surface area contributed by atoms with Gasteiger partial charge in [-0.2, -0.15) is 5.10 Å². The Balaban J connectivity index is 1.69. The van der Waals surface area contributed by atoms with Crippen LogP contribution < -0.4 is 14.9 Å². The summed E-state index contributed by atoms with van der Waals surface area (Å²) in [7, 11) is 1.47. The van der Waals surface area contributed by atoms with Crippen molar-refractivity contribution in [2.24, 2.45) is 5.10 Å². The highest BCUT2D eigenvalue weighted by atomic mass is 79.9. The molecule has 0 aliphatic heterocycles. The molecule has 0 radical (unpaired) electrons. The summed E-state index contributed by atoms with van der Waals surface area (Å²) in [6.45, 7) is 0. The molecule has 0 aromatic heterocycles. The maximum absolute atomic E-state index is 12.4. The van der Waals surface area contributed by atoms with Crippen molar-refractivity contribution in [3.8, 4) is 11.5 Å². The number of hydrogen-bond acceptors (Lipinski definition) is 5. The smallest absolute Gasteiger partial charge is 0.343 e. The Bertz CT molecular complexity index is 1120. The lowest BCUT2D eigenvalue weighted by Crippen LogP contribution is -2.18. The van der Waals surface area contributed by atoms with Gasteiger partial charge in [0.15, 0.2) is 11.5 Å². The zero-order valence-electron chi connectivity index (χ0n) is 15.8. The Kier molecular flexibility index (Phi) is 7.37. The highest BCUT2D eigenvalue weighted by Gasteiger charge is 2.13. The summed E-state index contributed by atoms with van der Waals surface area (Å²) in [5, 5.41) is 3.97. The van der Waals surface area contributed by atoms with Gasteiger partial charge in [-0.3, -0.25) is 4.79 Å². The number of methoxy groups -OCH3 is 1. The van der Waals surface area contributed by atoms with Crippen molar-refractivity contribution >= 4 is 50.0 Å². The number of nitrogens with zero attached hydrogens (tertiary/aromatic N) is 1. The van der Waals surface area contributed by atoms with Crippen molar-refractivity contribution in [2.45, 2.75) is 0 Å². The van der Waals surface area contributed by atoms with E-state index in [9.17, 15) is 9.59 Å². The molecule has 0 aliphatic rings. The van der Waals surface area contributed by atoms with Crippen LogP contribution in [0.5, 0.6) is 11.5 Å². The average molecular weight is 532 g/mol. The molecule has 30 heavy (non-hydrogen) atoms. The molecule has 152 valence electrons. The van der Waals surface area contributed by atoms with Crippen LogP contribution >= 0.6 is 31.9 Å². The average Bonchev–Trinajstić information content (AvgIpc) is 2.74. The van der Waals surface area contributed by atoms with Gasteiger partial charge in [-0.05, 0) is 70.0 Å². The molecule has 0 aliphatic carbocycles. The summed E-state index contributed by atoms with van der Waals surface area (Å²) in [6.07, 6.45) is 1.47. The molecule has 0 saturated carbocycles. The first-order valence-electron chi connectivity index (χ1n) is 8.71. The molecule has 0 atom stereocenters. The maximum Gasteiger partial charge on any atom is 0.343 e. The van der Waals surface area contributed by atoms with Gasteiger partial charge in [-0.1, -0.05) is 34.1 Å². The van der Waals surface area contributed by atoms with E-state index in [0.29, 0.717) is 26.9 Å². The third kappa shape index (κ3) is 5.55. The number of halogens is 2. The second-order valence-electron chi connectivity index (χ2n) is 5.99. The Morgan fingerprint density at radius 1 is 0.967 bits per heavy atom. The second-order valence-corrected chi connectivity index (χ2v) is 7.76. The molecule has 3 aromatic carbocycles. The van der Waals surface area contributed by atoms with Crippen molar-refractivity contribution in [3.05, 3.63) is 92.4 Å². The molecule has 3 rings (SSSR count). The SMILES string of the molecule is COc1cc(/C=N/NC(=O)c2ccccc2Br)ccc1OC(=O)c1cccc(Br)c1. The fourth-order valence-corrected chi connectivity index (χ4v) is 3.36. The molecule has 1 amide bonds. The van der Waals surface area contributed by atoms with Crippen LogP contribution in [0.3, 0.4) is 0 Å². The van der Waals surface area contributed by atoms with E-state index in [0.717, 1.165) is 4.47 Å². The largest absolute Gasteiger partial charge is 0.493 e. The molecule has 0 heterocycles. The molecule has 8 heteroatoms. The van der Waals surface area contributed by atoms with Gasteiger partial charge >= 0.3 is 5.97 Å². The molecule has 3 aromatic rings. The number of carbonyl (C=O) groups is 2. The van der Waals surface area contributed by atoms with Gasteiger partial charge in [0.1, 0.15) is 0 Å². The number of amides is 1.